The number of hydrogen-bond donors (Lipinski definition) is 2. The van der Waals surface area contributed by atoms with Gasteiger partial charge in [0, 0.05) is 25.0 Å². The molecule has 0 aromatic carbocycles. The zero-order chi connectivity index (χ0) is 13.0. The molecule has 2 aliphatic rings. The molecule has 2 aliphatic heterocycles. The number of nitrogens with one attached hydrogen (secondary N) is 1. The molecular weight excluding hydrogens is 230 g/mol. The maximum absolute atomic E-state index is 11.8. The smallest absolute Gasteiger partial charge is 0.222 e. The molecular formula is C13H25N3O2. The van der Waals surface area contributed by atoms with Crippen molar-refractivity contribution in [3.8, 4) is 0 Å². The quantitative estimate of drug-likeness (QED) is 0.723. The SMILES string of the molecule is CC(CCN)C(=O)NCC1CN2CCCC2CO1. The molecule has 104 valence electrons. The normalized spacial score (nSPS) is 29.9. The van der Waals surface area contributed by atoms with Gasteiger partial charge in [0.1, 0.15) is 0 Å². The molecule has 0 aliphatic carbocycles. The molecule has 0 aromatic heterocycles. The van der Waals surface area contributed by atoms with E-state index in [0.29, 0.717) is 19.1 Å². The van der Waals surface area contributed by atoms with Crippen LogP contribution in [0.3, 0.4) is 0 Å². The van der Waals surface area contributed by atoms with E-state index in [4.69, 9.17) is 10.5 Å². The highest BCUT2D eigenvalue weighted by atomic mass is 16.5. The van der Waals surface area contributed by atoms with Crippen LogP contribution in [0.15, 0.2) is 0 Å². The molecule has 18 heavy (non-hydrogen) atoms. The minimum absolute atomic E-state index is 0.00174. The summed E-state index contributed by atoms with van der Waals surface area (Å²) in [6.07, 6.45) is 3.42. The van der Waals surface area contributed by atoms with Gasteiger partial charge in [-0.3, -0.25) is 9.69 Å². The number of carbonyl (C=O) groups excluding carboxylic acids is 1. The molecule has 0 bridgehead atoms. The Balaban J connectivity index is 1.69. The summed E-state index contributed by atoms with van der Waals surface area (Å²) in [6.45, 7) is 6.05. The minimum atomic E-state index is -0.00174. The summed E-state index contributed by atoms with van der Waals surface area (Å²) in [5.41, 5.74) is 5.45. The van der Waals surface area contributed by atoms with Crippen molar-refractivity contribution in [3.63, 3.8) is 0 Å². The standard InChI is InChI=1S/C13H25N3O2/c1-10(4-5-14)13(17)15-7-12-8-16-6-2-3-11(16)9-18-12/h10-12H,2-9,14H2,1H3,(H,15,17). The molecule has 0 aromatic rings. The molecule has 0 saturated carbocycles. The van der Waals surface area contributed by atoms with Gasteiger partial charge in [-0.25, -0.2) is 0 Å². The summed E-state index contributed by atoms with van der Waals surface area (Å²) in [7, 11) is 0. The molecule has 2 heterocycles. The first-order valence-electron chi connectivity index (χ1n) is 7.04. The molecule has 1 amide bonds. The van der Waals surface area contributed by atoms with Crippen LogP contribution in [-0.4, -0.2) is 55.7 Å². The fourth-order valence-corrected chi connectivity index (χ4v) is 2.78. The second-order valence-electron chi connectivity index (χ2n) is 5.47. The monoisotopic (exact) mass is 255 g/mol. The van der Waals surface area contributed by atoms with Crippen molar-refractivity contribution >= 4 is 5.91 Å². The van der Waals surface area contributed by atoms with Crippen LogP contribution in [0, 0.1) is 5.92 Å². The second-order valence-corrected chi connectivity index (χ2v) is 5.47. The molecule has 3 atom stereocenters. The number of morpholine rings is 1. The van der Waals surface area contributed by atoms with Crippen molar-refractivity contribution in [1.29, 1.82) is 0 Å². The Hall–Kier alpha value is -0.650. The highest BCUT2D eigenvalue weighted by Crippen LogP contribution is 2.22. The highest BCUT2D eigenvalue weighted by molar-refractivity contribution is 5.78. The molecule has 3 N–H and O–H groups in total. The molecule has 0 spiro atoms. The van der Waals surface area contributed by atoms with E-state index >= 15 is 0 Å². The van der Waals surface area contributed by atoms with Crippen molar-refractivity contribution in [2.45, 2.75) is 38.3 Å². The van der Waals surface area contributed by atoms with E-state index < -0.39 is 0 Å². The number of nitrogens with two attached hydrogens (primary N) is 1. The van der Waals surface area contributed by atoms with E-state index in [2.05, 4.69) is 10.2 Å². The molecule has 5 nitrogen and oxygen atoms in total. The lowest BCUT2D eigenvalue weighted by atomic mass is 10.1. The molecule has 2 rings (SSSR count). The lowest BCUT2D eigenvalue weighted by Crippen LogP contribution is -2.50. The topological polar surface area (TPSA) is 67.6 Å². The number of nitrogens with zero attached hydrogens (tertiary/aromatic N) is 1. The summed E-state index contributed by atoms with van der Waals surface area (Å²) < 4.78 is 5.80. The average Bonchev–Trinajstić information content (AvgIpc) is 2.83. The van der Waals surface area contributed by atoms with Gasteiger partial charge in [-0.1, -0.05) is 6.92 Å². The van der Waals surface area contributed by atoms with Crippen LogP contribution in [0.4, 0.5) is 0 Å². The third-order valence-electron chi connectivity index (χ3n) is 4.01. The maximum atomic E-state index is 11.8. The van der Waals surface area contributed by atoms with Gasteiger partial charge in [-0.2, -0.15) is 0 Å². The van der Waals surface area contributed by atoms with Gasteiger partial charge in [0.15, 0.2) is 0 Å². The third-order valence-corrected chi connectivity index (χ3v) is 4.01. The Morgan fingerprint density at radius 3 is 3.22 bits per heavy atom. The summed E-state index contributed by atoms with van der Waals surface area (Å²) in [5.74, 6) is 0.0886. The van der Waals surface area contributed by atoms with Gasteiger partial charge in [0.25, 0.3) is 0 Å². The van der Waals surface area contributed by atoms with Crippen LogP contribution in [0.2, 0.25) is 0 Å². The van der Waals surface area contributed by atoms with Crippen LogP contribution in [0.25, 0.3) is 0 Å². The van der Waals surface area contributed by atoms with Crippen molar-refractivity contribution in [2.24, 2.45) is 11.7 Å². The van der Waals surface area contributed by atoms with Crippen LogP contribution < -0.4 is 11.1 Å². The third kappa shape index (κ3) is 3.43. The molecule has 0 radical (unpaired) electrons. The van der Waals surface area contributed by atoms with E-state index in [0.717, 1.165) is 19.6 Å². The predicted molar refractivity (Wildman–Crippen MR) is 70.2 cm³/mol. The van der Waals surface area contributed by atoms with Gasteiger partial charge < -0.3 is 15.8 Å². The lowest BCUT2D eigenvalue weighted by Gasteiger charge is -2.35. The van der Waals surface area contributed by atoms with Gasteiger partial charge >= 0.3 is 0 Å². The summed E-state index contributed by atoms with van der Waals surface area (Å²) in [5, 5.41) is 2.97. The van der Waals surface area contributed by atoms with Crippen LogP contribution in [0.1, 0.15) is 26.2 Å². The van der Waals surface area contributed by atoms with Gasteiger partial charge in [0.2, 0.25) is 5.91 Å². The number of hydrogen-bond acceptors (Lipinski definition) is 4. The predicted octanol–water partition coefficient (Wildman–Crippen LogP) is -0.0493. The first-order chi connectivity index (χ1) is 8.70. The molecule has 2 fully saturated rings. The van der Waals surface area contributed by atoms with E-state index in [9.17, 15) is 4.79 Å². The van der Waals surface area contributed by atoms with E-state index in [1.165, 1.54) is 19.4 Å². The van der Waals surface area contributed by atoms with Crippen molar-refractivity contribution < 1.29 is 9.53 Å². The Labute approximate surface area is 109 Å². The Bertz CT molecular complexity index is 285. The molecule has 2 saturated heterocycles. The number of carbonyl (C=O) groups is 1. The average molecular weight is 255 g/mol. The zero-order valence-corrected chi connectivity index (χ0v) is 11.2. The van der Waals surface area contributed by atoms with Gasteiger partial charge in [0.05, 0.1) is 12.7 Å². The Kier molecular flexibility index (Phi) is 4.97. The number of amides is 1. The van der Waals surface area contributed by atoms with Crippen molar-refractivity contribution in [2.75, 3.05) is 32.8 Å². The van der Waals surface area contributed by atoms with Crippen LogP contribution >= 0.6 is 0 Å². The number of fused-ring (bicyclic) bond motifs is 1. The fraction of sp³-hybridized carbons (Fsp3) is 0.923. The Morgan fingerprint density at radius 2 is 2.44 bits per heavy atom. The molecule has 3 unspecified atom stereocenters. The van der Waals surface area contributed by atoms with Crippen LogP contribution in [0.5, 0.6) is 0 Å². The summed E-state index contributed by atoms with van der Waals surface area (Å²) >= 11 is 0. The van der Waals surface area contributed by atoms with Gasteiger partial charge in [-0.15, -0.1) is 0 Å². The van der Waals surface area contributed by atoms with Gasteiger partial charge in [-0.05, 0) is 32.4 Å². The maximum Gasteiger partial charge on any atom is 0.222 e. The largest absolute Gasteiger partial charge is 0.373 e. The molecule has 5 heteroatoms. The van der Waals surface area contributed by atoms with Crippen LogP contribution in [-0.2, 0) is 9.53 Å². The van der Waals surface area contributed by atoms with Crippen molar-refractivity contribution in [1.82, 2.24) is 10.2 Å². The fourth-order valence-electron chi connectivity index (χ4n) is 2.78. The highest BCUT2D eigenvalue weighted by Gasteiger charge is 2.32. The summed E-state index contributed by atoms with van der Waals surface area (Å²) in [6, 6.07) is 0.619. The Morgan fingerprint density at radius 1 is 1.61 bits per heavy atom. The zero-order valence-electron chi connectivity index (χ0n) is 11.2. The second kappa shape index (κ2) is 6.50. The van der Waals surface area contributed by atoms with E-state index in [1.807, 2.05) is 6.92 Å². The minimum Gasteiger partial charge on any atom is -0.373 e. The van der Waals surface area contributed by atoms with E-state index in [1.54, 1.807) is 0 Å². The lowest BCUT2D eigenvalue weighted by molar-refractivity contribution is -0.126. The first kappa shape index (κ1) is 13.8. The number of ether oxygens (including phenoxy) is 1. The van der Waals surface area contributed by atoms with Crippen molar-refractivity contribution in [3.05, 3.63) is 0 Å². The first-order valence-corrected chi connectivity index (χ1v) is 7.04. The summed E-state index contributed by atoms with van der Waals surface area (Å²) in [4.78, 5) is 14.3. The van der Waals surface area contributed by atoms with E-state index in [-0.39, 0.29) is 17.9 Å². The number of rotatable bonds is 5.